The summed E-state index contributed by atoms with van der Waals surface area (Å²) in [6.07, 6.45) is 3.00. The molecule has 0 atom stereocenters. The van der Waals surface area contributed by atoms with Crippen molar-refractivity contribution >= 4 is 22.1 Å². The lowest BCUT2D eigenvalue weighted by Gasteiger charge is -2.05. The standard InChI is InChI=1S/C18H15N5O3S/c1-26-16-6-2-13(3-7-16)11-21-18-14(10-19)12-22-23(18)15-4-8-17(9-5-15)27(20,24)25/h2-9,11-12H,1H3,(H2,20,24,25)/b21-11+. The van der Waals surface area contributed by atoms with Crippen LogP contribution in [0.5, 0.6) is 5.75 Å². The zero-order valence-corrected chi connectivity index (χ0v) is 15.1. The van der Waals surface area contributed by atoms with Gasteiger partial charge in [-0.1, -0.05) is 0 Å². The lowest BCUT2D eigenvalue weighted by molar-refractivity contribution is 0.415. The van der Waals surface area contributed by atoms with Gasteiger partial charge < -0.3 is 4.74 Å². The van der Waals surface area contributed by atoms with Gasteiger partial charge in [0.2, 0.25) is 10.0 Å². The van der Waals surface area contributed by atoms with Crippen LogP contribution in [0.25, 0.3) is 5.69 Å². The van der Waals surface area contributed by atoms with Crippen LogP contribution < -0.4 is 9.88 Å². The summed E-state index contributed by atoms with van der Waals surface area (Å²) < 4.78 is 29.3. The van der Waals surface area contributed by atoms with Crippen LogP contribution in [0.15, 0.2) is 64.6 Å². The minimum absolute atomic E-state index is 0.0119. The van der Waals surface area contributed by atoms with Gasteiger partial charge in [-0.15, -0.1) is 0 Å². The van der Waals surface area contributed by atoms with E-state index >= 15 is 0 Å². The highest BCUT2D eigenvalue weighted by Gasteiger charge is 2.13. The maximum Gasteiger partial charge on any atom is 0.238 e. The van der Waals surface area contributed by atoms with Crippen molar-refractivity contribution in [2.24, 2.45) is 10.1 Å². The van der Waals surface area contributed by atoms with Crippen LogP contribution in [0.2, 0.25) is 0 Å². The van der Waals surface area contributed by atoms with Gasteiger partial charge in [0.25, 0.3) is 0 Å². The van der Waals surface area contributed by atoms with Gasteiger partial charge in [-0.05, 0) is 54.1 Å². The Labute approximate surface area is 156 Å². The second kappa shape index (κ2) is 7.41. The fraction of sp³-hybridized carbons (Fsp3) is 0.0556. The highest BCUT2D eigenvalue weighted by atomic mass is 32.2. The number of nitrogens with zero attached hydrogens (tertiary/aromatic N) is 4. The van der Waals surface area contributed by atoms with Crippen molar-refractivity contribution in [2.45, 2.75) is 4.90 Å². The van der Waals surface area contributed by atoms with E-state index in [2.05, 4.69) is 10.1 Å². The molecule has 0 fully saturated rings. The normalized spacial score (nSPS) is 11.4. The minimum atomic E-state index is -3.79. The van der Waals surface area contributed by atoms with Crippen molar-refractivity contribution in [3.05, 3.63) is 65.9 Å². The molecule has 0 aliphatic heterocycles. The predicted molar refractivity (Wildman–Crippen MR) is 99.9 cm³/mol. The molecule has 8 nitrogen and oxygen atoms in total. The molecule has 0 bridgehead atoms. The maximum absolute atomic E-state index is 11.4. The summed E-state index contributed by atoms with van der Waals surface area (Å²) in [5.74, 6) is 1.06. The van der Waals surface area contributed by atoms with Gasteiger partial charge >= 0.3 is 0 Å². The smallest absolute Gasteiger partial charge is 0.238 e. The molecule has 0 spiro atoms. The summed E-state index contributed by atoms with van der Waals surface area (Å²) in [5.41, 5.74) is 1.65. The Morgan fingerprint density at radius 1 is 1.19 bits per heavy atom. The van der Waals surface area contributed by atoms with Crippen LogP contribution in [0.3, 0.4) is 0 Å². The Morgan fingerprint density at radius 3 is 2.41 bits per heavy atom. The SMILES string of the molecule is COc1ccc(/C=N/c2c(C#N)cnn2-c2ccc(S(N)(=O)=O)cc2)cc1. The average Bonchev–Trinajstić information content (AvgIpc) is 3.09. The Morgan fingerprint density at radius 2 is 1.85 bits per heavy atom. The number of hydrogen-bond acceptors (Lipinski definition) is 6. The zero-order valence-electron chi connectivity index (χ0n) is 14.3. The number of primary sulfonamides is 1. The number of ether oxygens (including phenoxy) is 1. The third kappa shape index (κ3) is 4.03. The molecule has 1 heterocycles. The highest BCUT2D eigenvalue weighted by Crippen LogP contribution is 2.23. The monoisotopic (exact) mass is 381 g/mol. The fourth-order valence-electron chi connectivity index (χ4n) is 2.34. The largest absolute Gasteiger partial charge is 0.497 e. The fourth-order valence-corrected chi connectivity index (χ4v) is 2.85. The number of hydrogen-bond donors (Lipinski definition) is 1. The van der Waals surface area contributed by atoms with Crippen molar-refractivity contribution in [2.75, 3.05) is 7.11 Å². The summed E-state index contributed by atoms with van der Waals surface area (Å²) in [7, 11) is -2.20. The number of aromatic nitrogens is 2. The van der Waals surface area contributed by atoms with Gasteiger partial charge in [-0.25, -0.2) is 23.2 Å². The van der Waals surface area contributed by atoms with Crippen LogP contribution in [0.1, 0.15) is 11.1 Å². The zero-order chi connectivity index (χ0) is 19.4. The predicted octanol–water partition coefficient (Wildman–Crippen LogP) is 2.15. The van der Waals surface area contributed by atoms with E-state index in [0.717, 1.165) is 11.3 Å². The molecule has 2 aromatic carbocycles. The number of nitrogens with two attached hydrogens (primary N) is 1. The van der Waals surface area contributed by atoms with E-state index in [4.69, 9.17) is 9.88 Å². The van der Waals surface area contributed by atoms with E-state index in [1.165, 1.54) is 23.0 Å². The van der Waals surface area contributed by atoms with Crippen molar-refractivity contribution in [1.29, 1.82) is 5.26 Å². The molecule has 3 aromatic rings. The molecule has 2 N–H and O–H groups in total. The Kier molecular flexibility index (Phi) is 5.03. The first-order chi connectivity index (χ1) is 12.9. The third-order valence-corrected chi connectivity index (χ3v) is 4.66. The number of nitriles is 1. The lowest BCUT2D eigenvalue weighted by atomic mass is 10.2. The van der Waals surface area contributed by atoms with E-state index < -0.39 is 10.0 Å². The summed E-state index contributed by atoms with van der Waals surface area (Å²) in [6.45, 7) is 0. The van der Waals surface area contributed by atoms with Gasteiger partial charge in [-0.2, -0.15) is 10.4 Å². The van der Waals surface area contributed by atoms with Crippen molar-refractivity contribution in [3.8, 4) is 17.5 Å². The molecule has 0 aliphatic rings. The van der Waals surface area contributed by atoms with E-state index in [1.807, 2.05) is 18.2 Å². The summed E-state index contributed by atoms with van der Waals surface area (Å²) in [6, 6.07) is 15.1. The highest BCUT2D eigenvalue weighted by molar-refractivity contribution is 7.89. The van der Waals surface area contributed by atoms with Gasteiger partial charge in [0.15, 0.2) is 5.82 Å². The Balaban J connectivity index is 1.97. The van der Waals surface area contributed by atoms with Gasteiger partial charge in [-0.3, -0.25) is 0 Å². The molecule has 0 saturated heterocycles. The number of sulfonamides is 1. The average molecular weight is 381 g/mol. The van der Waals surface area contributed by atoms with Gasteiger partial charge in [0.05, 0.1) is 23.9 Å². The lowest BCUT2D eigenvalue weighted by Crippen LogP contribution is -2.12. The van der Waals surface area contributed by atoms with E-state index in [1.54, 1.807) is 37.6 Å². The molecule has 9 heteroatoms. The maximum atomic E-state index is 11.4. The van der Waals surface area contributed by atoms with Crippen molar-refractivity contribution in [1.82, 2.24) is 9.78 Å². The molecular weight excluding hydrogens is 366 g/mol. The summed E-state index contributed by atoms with van der Waals surface area (Å²) >= 11 is 0. The van der Waals surface area contributed by atoms with E-state index in [-0.39, 0.29) is 10.5 Å². The van der Waals surface area contributed by atoms with Crippen LogP contribution in [-0.2, 0) is 10.0 Å². The molecule has 0 unspecified atom stereocenters. The summed E-state index contributed by atoms with van der Waals surface area (Å²) in [4.78, 5) is 4.37. The van der Waals surface area contributed by atoms with Gasteiger partial charge in [0.1, 0.15) is 17.4 Å². The number of aliphatic imine (C=N–C) groups is 1. The first kappa shape index (κ1) is 18.3. The van der Waals surface area contributed by atoms with Crippen LogP contribution in [0.4, 0.5) is 5.82 Å². The second-order valence-electron chi connectivity index (χ2n) is 5.48. The molecule has 1 aromatic heterocycles. The summed E-state index contributed by atoms with van der Waals surface area (Å²) in [5, 5.41) is 18.6. The Bertz CT molecular complexity index is 1130. The van der Waals surface area contributed by atoms with Crippen molar-refractivity contribution < 1.29 is 13.2 Å². The first-order valence-electron chi connectivity index (χ1n) is 7.72. The van der Waals surface area contributed by atoms with Crippen LogP contribution in [-0.4, -0.2) is 31.5 Å². The molecule has 27 heavy (non-hydrogen) atoms. The second-order valence-corrected chi connectivity index (χ2v) is 7.04. The Hall–Kier alpha value is -3.48. The molecule has 0 saturated carbocycles. The number of rotatable bonds is 5. The third-order valence-electron chi connectivity index (χ3n) is 3.73. The van der Waals surface area contributed by atoms with E-state index in [0.29, 0.717) is 11.5 Å². The van der Waals surface area contributed by atoms with Gasteiger partial charge in [0, 0.05) is 6.21 Å². The minimum Gasteiger partial charge on any atom is -0.497 e. The molecule has 3 rings (SSSR count). The van der Waals surface area contributed by atoms with E-state index in [9.17, 15) is 13.7 Å². The molecule has 136 valence electrons. The molecule has 0 amide bonds. The molecule has 0 aliphatic carbocycles. The molecule has 0 radical (unpaired) electrons. The number of benzene rings is 2. The topological polar surface area (TPSA) is 123 Å². The first-order valence-corrected chi connectivity index (χ1v) is 9.26. The van der Waals surface area contributed by atoms with Crippen LogP contribution in [0, 0.1) is 11.3 Å². The van der Waals surface area contributed by atoms with Crippen molar-refractivity contribution in [3.63, 3.8) is 0 Å². The van der Waals surface area contributed by atoms with Crippen LogP contribution >= 0.6 is 0 Å². The number of methoxy groups -OCH3 is 1. The molecular formula is C18H15N5O3S. The quantitative estimate of drug-likeness (QED) is 0.678.